The third-order valence-corrected chi connectivity index (χ3v) is 5.33. The lowest BCUT2D eigenvalue weighted by molar-refractivity contribution is -0.119. The van der Waals surface area contributed by atoms with Crippen molar-refractivity contribution in [2.75, 3.05) is 30.8 Å². The monoisotopic (exact) mass is 409 g/mol. The number of hydrogen-bond donors (Lipinski definition) is 2. The molecule has 1 saturated carbocycles. The number of carbonyl (C=O) groups is 2. The van der Waals surface area contributed by atoms with E-state index in [9.17, 15) is 9.59 Å². The molecule has 2 amide bonds. The summed E-state index contributed by atoms with van der Waals surface area (Å²) >= 11 is 0. The van der Waals surface area contributed by atoms with E-state index in [0.29, 0.717) is 37.0 Å². The normalized spacial score (nSPS) is 13.2. The Balaban J connectivity index is 1.54. The van der Waals surface area contributed by atoms with Crippen molar-refractivity contribution in [2.45, 2.75) is 46.1 Å². The van der Waals surface area contributed by atoms with Gasteiger partial charge in [-0.2, -0.15) is 0 Å². The van der Waals surface area contributed by atoms with Gasteiger partial charge in [0.1, 0.15) is 5.75 Å². The molecule has 3 rings (SSSR count). The van der Waals surface area contributed by atoms with E-state index in [2.05, 4.69) is 15.5 Å². The van der Waals surface area contributed by atoms with Gasteiger partial charge < -0.3 is 15.4 Å². The average Bonchev–Trinajstić information content (AvgIpc) is 3.53. The molecule has 0 aliphatic heterocycles. The van der Waals surface area contributed by atoms with Gasteiger partial charge in [0.15, 0.2) is 0 Å². The Kier molecular flexibility index (Phi) is 7.11. The lowest BCUT2D eigenvalue weighted by Gasteiger charge is -2.21. The molecule has 0 spiro atoms. The van der Waals surface area contributed by atoms with E-state index >= 15 is 0 Å². The van der Waals surface area contributed by atoms with Crippen LogP contribution in [0.3, 0.4) is 0 Å². The summed E-state index contributed by atoms with van der Waals surface area (Å²) < 4.78 is 5.32. The molecule has 6 nitrogen and oxygen atoms in total. The van der Waals surface area contributed by atoms with Crippen molar-refractivity contribution in [3.8, 4) is 5.75 Å². The lowest BCUT2D eigenvalue weighted by Crippen LogP contribution is -2.37. The quantitative estimate of drug-likeness (QED) is 0.655. The molecule has 0 aromatic heterocycles. The van der Waals surface area contributed by atoms with Crippen LogP contribution in [0.25, 0.3) is 0 Å². The highest BCUT2D eigenvalue weighted by atomic mass is 16.5. The summed E-state index contributed by atoms with van der Waals surface area (Å²) in [5.74, 6) is 0.511. The molecule has 0 saturated heterocycles. The van der Waals surface area contributed by atoms with E-state index in [1.807, 2.05) is 57.2 Å². The van der Waals surface area contributed by atoms with Gasteiger partial charge in [-0.15, -0.1) is 0 Å². The first-order chi connectivity index (χ1) is 14.4. The molecular formula is C24H31N3O3. The maximum atomic E-state index is 12.6. The second-order valence-electron chi connectivity index (χ2n) is 8.07. The summed E-state index contributed by atoms with van der Waals surface area (Å²) in [5, 5.41) is 5.95. The Morgan fingerprint density at radius 1 is 0.967 bits per heavy atom. The number of carbonyl (C=O) groups excluding carboxylic acids is 2. The van der Waals surface area contributed by atoms with Gasteiger partial charge in [0, 0.05) is 24.7 Å². The van der Waals surface area contributed by atoms with Gasteiger partial charge in [0.2, 0.25) is 11.8 Å². The Morgan fingerprint density at radius 2 is 1.60 bits per heavy atom. The van der Waals surface area contributed by atoms with Crippen LogP contribution in [-0.4, -0.2) is 43.0 Å². The predicted octanol–water partition coefficient (Wildman–Crippen LogP) is 4.05. The highest BCUT2D eigenvalue weighted by Crippen LogP contribution is 2.28. The summed E-state index contributed by atoms with van der Waals surface area (Å²) in [5.41, 5.74) is 4.72. The zero-order valence-electron chi connectivity index (χ0n) is 18.2. The Labute approximate surface area is 178 Å². The summed E-state index contributed by atoms with van der Waals surface area (Å²) in [6.45, 7) is 6.80. The number of amides is 2. The van der Waals surface area contributed by atoms with Crippen molar-refractivity contribution < 1.29 is 14.3 Å². The van der Waals surface area contributed by atoms with Crippen LogP contribution in [0, 0.1) is 20.8 Å². The van der Waals surface area contributed by atoms with E-state index in [0.717, 1.165) is 35.2 Å². The van der Waals surface area contributed by atoms with Crippen LogP contribution in [0.5, 0.6) is 5.75 Å². The molecule has 160 valence electrons. The SMILES string of the molecule is COc1ccc(C)cc1NC(=O)CCN(CC(=O)Nc1cc(C)ccc1C)C1CC1. The highest BCUT2D eigenvalue weighted by Gasteiger charge is 2.30. The number of anilines is 2. The zero-order valence-corrected chi connectivity index (χ0v) is 18.2. The fourth-order valence-electron chi connectivity index (χ4n) is 3.45. The molecule has 0 atom stereocenters. The number of hydrogen-bond acceptors (Lipinski definition) is 4. The smallest absolute Gasteiger partial charge is 0.238 e. The van der Waals surface area contributed by atoms with E-state index in [1.54, 1.807) is 7.11 Å². The molecule has 2 N–H and O–H groups in total. The third-order valence-electron chi connectivity index (χ3n) is 5.33. The van der Waals surface area contributed by atoms with Crippen molar-refractivity contribution in [2.24, 2.45) is 0 Å². The molecule has 2 aromatic carbocycles. The molecule has 1 fully saturated rings. The van der Waals surface area contributed by atoms with Gasteiger partial charge in [0.25, 0.3) is 0 Å². The van der Waals surface area contributed by atoms with Gasteiger partial charge >= 0.3 is 0 Å². The second-order valence-corrected chi connectivity index (χ2v) is 8.07. The minimum absolute atomic E-state index is 0.0450. The summed E-state index contributed by atoms with van der Waals surface area (Å²) in [6.07, 6.45) is 2.47. The van der Waals surface area contributed by atoms with Crippen LogP contribution in [0.2, 0.25) is 0 Å². The van der Waals surface area contributed by atoms with Crippen LogP contribution in [-0.2, 0) is 9.59 Å². The second kappa shape index (κ2) is 9.76. The third kappa shape index (κ3) is 6.07. The van der Waals surface area contributed by atoms with Crippen molar-refractivity contribution in [1.29, 1.82) is 0 Å². The predicted molar refractivity (Wildman–Crippen MR) is 120 cm³/mol. The first-order valence-corrected chi connectivity index (χ1v) is 10.4. The van der Waals surface area contributed by atoms with Gasteiger partial charge in [0.05, 0.1) is 19.3 Å². The largest absolute Gasteiger partial charge is 0.495 e. The molecule has 0 bridgehead atoms. The minimum atomic E-state index is -0.0838. The highest BCUT2D eigenvalue weighted by molar-refractivity contribution is 5.94. The number of ether oxygens (including phenoxy) is 1. The number of benzene rings is 2. The fourth-order valence-corrected chi connectivity index (χ4v) is 3.45. The van der Waals surface area contributed by atoms with E-state index in [-0.39, 0.29) is 11.8 Å². The maximum Gasteiger partial charge on any atom is 0.238 e. The Bertz CT molecular complexity index is 922. The molecular weight excluding hydrogens is 378 g/mol. The topological polar surface area (TPSA) is 70.7 Å². The maximum absolute atomic E-state index is 12.6. The van der Waals surface area contributed by atoms with E-state index in [4.69, 9.17) is 4.74 Å². The summed E-state index contributed by atoms with van der Waals surface area (Å²) in [4.78, 5) is 27.2. The van der Waals surface area contributed by atoms with E-state index in [1.165, 1.54) is 0 Å². The molecule has 30 heavy (non-hydrogen) atoms. The van der Waals surface area contributed by atoms with Crippen LogP contribution in [0.1, 0.15) is 36.0 Å². The van der Waals surface area contributed by atoms with Crippen molar-refractivity contribution in [3.63, 3.8) is 0 Å². The molecule has 1 aliphatic rings. The number of nitrogens with one attached hydrogen (secondary N) is 2. The van der Waals surface area contributed by atoms with Crippen LogP contribution >= 0.6 is 0 Å². The number of nitrogens with zero attached hydrogens (tertiary/aromatic N) is 1. The molecule has 0 radical (unpaired) electrons. The zero-order chi connectivity index (χ0) is 21.7. The van der Waals surface area contributed by atoms with Gasteiger partial charge in [-0.05, 0) is 68.5 Å². The molecule has 0 heterocycles. The van der Waals surface area contributed by atoms with Crippen LogP contribution in [0.15, 0.2) is 36.4 Å². The standard InChI is InChI=1S/C24H31N3O3/c1-16-5-7-18(3)20(13-16)25-24(29)15-27(19-8-9-19)12-11-23(28)26-21-14-17(2)6-10-22(21)30-4/h5-7,10,13-14,19H,8-9,11-12,15H2,1-4H3,(H,25,29)(H,26,28). The average molecular weight is 410 g/mol. The van der Waals surface area contributed by atoms with Crippen LogP contribution in [0.4, 0.5) is 11.4 Å². The lowest BCUT2D eigenvalue weighted by atomic mass is 10.1. The molecule has 0 unspecified atom stereocenters. The van der Waals surface area contributed by atoms with E-state index < -0.39 is 0 Å². The van der Waals surface area contributed by atoms with Crippen molar-refractivity contribution >= 4 is 23.2 Å². The van der Waals surface area contributed by atoms with Gasteiger partial charge in [-0.3, -0.25) is 14.5 Å². The van der Waals surface area contributed by atoms with Crippen LogP contribution < -0.4 is 15.4 Å². The van der Waals surface area contributed by atoms with Crippen molar-refractivity contribution in [1.82, 2.24) is 4.90 Å². The molecule has 2 aromatic rings. The minimum Gasteiger partial charge on any atom is -0.495 e. The van der Waals surface area contributed by atoms with Gasteiger partial charge in [-0.1, -0.05) is 18.2 Å². The summed E-state index contributed by atoms with van der Waals surface area (Å²) in [7, 11) is 1.59. The Morgan fingerprint density at radius 3 is 2.27 bits per heavy atom. The molecule has 1 aliphatic carbocycles. The van der Waals surface area contributed by atoms with Crippen molar-refractivity contribution in [3.05, 3.63) is 53.1 Å². The number of rotatable bonds is 9. The molecule has 6 heteroatoms. The number of aryl methyl sites for hydroxylation is 3. The number of methoxy groups -OCH3 is 1. The summed E-state index contributed by atoms with van der Waals surface area (Å²) in [6, 6.07) is 12.1. The fraction of sp³-hybridized carbons (Fsp3) is 0.417. The first kappa shape index (κ1) is 21.8. The first-order valence-electron chi connectivity index (χ1n) is 10.4. The van der Waals surface area contributed by atoms with Gasteiger partial charge in [-0.25, -0.2) is 0 Å². The Hall–Kier alpha value is -2.86.